The van der Waals surface area contributed by atoms with Gasteiger partial charge < -0.3 is 14.7 Å². The lowest BCUT2D eigenvalue weighted by Gasteiger charge is -2.10. The lowest BCUT2D eigenvalue weighted by Crippen LogP contribution is -2.12. The Morgan fingerprint density at radius 2 is 1.73 bits per heavy atom. The molecule has 0 aliphatic carbocycles. The van der Waals surface area contributed by atoms with Crippen molar-refractivity contribution in [2.75, 3.05) is 0 Å². The first-order valence-electron chi connectivity index (χ1n) is 9.61. The number of rotatable bonds is 6. The van der Waals surface area contributed by atoms with Crippen LogP contribution in [0.5, 0.6) is 0 Å². The summed E-state index contributed by atoms with van der Waals surface area (Å²) in [7, 11) is 0. The summed E-state index contributed by atoms with van der Waals surface area (Å²) in [6, 6.07) is 18.8. The number of aromatic amines is 2. The van der Waals surface area contributed by atoms with Crippen LogP contribution in [0.2, 0.25) is 5.02 Å². The molecular formula is C24H21ClN2O3. The van der Waals surface area contributed by atoms with Crippen molar-refractivity contribution in [3.05, 3.63) is 93.9 Å². The predicted octanol–water partition coefficient (Wildman–Crippen LogP) is 5.54. The summed E-state index contributed by atoms with van der Waals surface area (Å²) in [5, 5.41) is 1.56. The third kappa shape index (κ3) is 4.02. The van der Waals surface area contributed by atoms with Gasteiger partial charge in [-0.3, -0.25) is 4.79 Å². The summed E-state index contributed by atoms with van der Waals surface area (Å²) in [4.78, 5) is 31.5. The van der Waals surface area contributed by atoms with Crippen molar-refractivity contribution in [2.24, 2.45) is 0 Å². The van der Waals surface area contributed by atoms with E-state index in [9.17, 15) is 9.59 Å². The van der Waals surface area contributed by atoms with Crippen molar-refractivity contribution in [3.8, 4) is 0 Å². The number of fused-ring (bicyclic) bond motifs is 1. The average Bonchev–Trinajstić information content (AvgIpc) is 3.29. The molecule has 5 nitrogen and oxygen atoms in total. The molecule has 2 aromatic heterocycles. The van der Waals surface area contributed by atoms with Crippen LogP contribution in [-0.2, 0) is 16.1 Å². The molecular weight excluding hydrogens is 400 g/mol. The van der Waals surface area contributed by atoms with E-state index in [-0.39, 0.29) is 12.4 Å². The molecule has 30 heavy (non-hydrogen) atoms. The van der Waals surface area contributed by atoms with E-state index < -0.39 is 11.9 Å². The minimum absolute atomic E-state index is 0.0434. The minimum atomic E-state index is -0.550. The van der Waals surface area contributed by atoms with Crippen molar-refractivity contribution in [1.29, 1.82) is 0 Å². The summed E-state index contributed by atoms with van der Waals surface area (Å²) in [6.45, 7) is 3.54. The van der Waals surface area contributed by atoms with E-state index >= 15 is 0 Å². The molecule has 0 amide bonds. The molecule has 6 heteroatoms. The SMILES string of the molecule is CC(=O)C(c1cc(C)c(C(=O)OCc2ccccc2)[nH]1)c1cc2cc(Cl)ccc2[nH]1. The maximum atomic E-state index is 12.6. The molecule has 0 aliphatic heterocycles. The fourth-order valence-corrected chi connectivity index (χ4v) is 3.81. The molecule has 1 atom stereocenters. The van der Waals surface area contributed by atoms with Crippen LogP contribution in [0.15, 0.2) is 60.7 Å². The maximum Gasteiger partial charge on any atom is 0.355 e. The molecule has 0 radical (unpaired) electrons. The third-order valence-corrected chi connectivity index (χ3v) is 5.32. The number of H-pyrrole nitrogens is 2. The summed E-state index contributed by atoms with van der Waals surface area (Å²) in [5.74, 6) is -1.04. The first-order chi connectivity index (χ1) is 14.4. The van der Waals surface area contributed by atoms with E-state index in [2.05, 4.69) is 9.97 Å². The van der Waals surface area contributed by atoms with E-state index in [1.807, 2.05) is 61.5 Å². The van der Waals surface area contributed by atoms with Crippen LogP contribution in [-0.4, -0.2) is 21.7 Å². The number of esters is 1. The van der Waals surface area contributed by atoms with Gasteiger partial charge in [0, 0.05) is 27.3 Å². The largest absolute Gasteiger partial charge is 0.456 e. The summed E-state index contributed by atoms with van der Waals surface area (Å²) >= 11 is 6.08. The van der Waals surface area contributed by atoms with Gasteiger partial charge in [-0.1, -0.05) is 41.9 Å². The number of nitrogens with one attached hydrogen (secondary N) is 2. The molecule has 4 rings (SSSR count). The predicted molar refractivity (Wildman–Crippen MR) is 117 cm³/mol. The Hall–Kier alpha value is -3.31. The number of aromatic nitrogens is 2. The number of Topliss-reactive ketones (excluding diaryl/α,β-unsaturated/α-hetero) is 1. The summed E-state index contributed by atoms with van der Waals surface area (Å²) < 4.78 is 5.44. The molecule has 2 aromatic carbocycles. The Labute approximate surface area is 179 Å². The van der Waals surface area contributed by atoms with Crippen molar-refractivity contribution >= 4 is 34.3 Å². The van der Waals surface area contributed by atoms with Crippen LogP contribution in [0.3, 0.4) is 0 Å². The molecule has 1 unspecified atom stereocenters. The first kappa shape index (κ1) is 20.0. The molecule has 2 heterocycles. The molecule has 0 saturated carbocycles. The van der Waals surface area contributed by atoms with Crippen LogP contribution in [0.1, 0.15) is 45.8 Å². The van der Waals surface area contributed by atoms with Crippen LogP contribution < -0.4 is 0 Å². The number of ketones is 1. The highest BCUT2D eigenvalue weighted by molar-refractivity contribution is 6.31. The average molecular weight is 421 g/mol. The number of aryl methyl sites for hydroxylation is 1. The smallest absolute Gasteiger partial charge is 0.355 e. The van der Waals surface area contributed by atoms with Gasteiger partial charge in [-0.15, -0.1) is 0 Å². The second-order valence-electron chi connectivity index (χ2n) is 7.34. The second-order valence-corrected chi connectivity index (χ2v) is 7.78. The Morgan fingerprint density at radius 3 is 2.47 bits per heavy atom. The summed E-state index contributed by atoms with van der Waals surface area (Å²) in [5.41, 5.74) is 4.27. The van der Waals surface area contributed by atoms with Gasteiger partial charge in [0.25, 0.3) is 0 Å². The molecule has 152 valence electrons. The fraction of sp³-hybridized carbons (Fsp3) is 0.167. The second kappa shape index (κ2) is 8.20. The molecule has 0 bridgehead atoms. The lowest BCUT2D eigenvalue weighted by molar-refractivity contribution is -0.117. The molecule has 4 aromatic rings. The molecule has 2 N–H and O–H groups in total. The Balaban J connectivity index is 1.61. The normalized spacial score (nSPS) is 12.1. The van der Waals surface area contributed by atoms with Gasteiger partial charge in [-0.2, -0.15) is 0 Å². The number of carbonyl (C=O) groups excluding carboxylic acids is 2. The van der Waals surface area contributed by atoms with Gasteiger partial charge in [0.1, 0.15) is 18.1 Å². The van der Waals surface area contributed by atoms with Gasteiger partial charge in [-0.25, -0.2) is 4.79 Å². The van der Waals surface area contributed by atoms with E-state index in [0.29, 0.717) is 16.4 Å². The number of ether oxygens (including phenoxy) is 1. The number of halogens is 1. The number of hydrogen-bond donors (Lipinski definition) is 2. The maximum absolute atomic E-state index is 12.6. The van der Waals surface area contributed by atoms with Crippen LogP contribution in [0.4, 0.5) is 0 Å². The fourth-order valence-electron chi connectivity index (χ4n) is 3.63. The van der Waals surface area contributed by atoms with Crippen molar-refractivity contribution in [2.45, 2.75) is 26.4 Å². The molecule has 0 spiro atoms. The molecule has 0 fully saturated rings. The van der Waals surface area contributed by atoms with Gasteiger partial charge in [-0.05, 0) is 55.3 Å². The standard InChI is InChI=1S/C24H21ClN2O3/c1-14-10-20(27-23(14)24(29)30-13-16-6-4-3-5-7-16)22(15(2)28)21-12-17-11-18(25)8-9-19(17)26-21/h3-12,22,26-27H,13H2,1-2H3. The van der Waals surface area contributed by atoms with Gasteiger partial charge in [0.2, 0.25) is 0 Å². The number of hydrogen-bond acceptors (Lipinski definition) is 3. The van der Waals surface area contributed by atoms with Crippen molar-refractivity contribution in [1.82, 2.24) is 9.97 Å². The monoisotopic (exact) mass is 420 g/mol. The van der Waals surface area contributed by atoms with Crippen LogP contribution in [0, 0.1) is 6.92 Å². The van der Waals surface area contributed by atoms with Gasteiger partial charge in [0.15, 0.2) is 0 Å². The zero-order valence-corrected chi connectivity index (χ0v) is 17.4. The zero-order valence-electron chi connectivity index (χ0n) is 16.7. The van der Waals surface area contributed by atoms with Crippen molar-refractivity contribution in [3.63, 3.8) is 0 Å². The topological polar surface area (TPSA) is 75.0 Å². The molecule has 0 saturated heterocycles. The van der Waals surface area contributed by atoms with Gasteiger partial charge >= 0.3 is 5.97 Å². The Kier molecular flexibility index (Phi) is 5.46. The summed E-state index contributed by atoms with van der Waals surface area (Å²) in [6.07, 6.45) is 0. The number of benzene rings is 2. The number of carbonyl (C=O) groups is 2. The minimum Gasteiger partial charge on any atom is -0.456 e. The third-order valence-electron chi connectivity index (χ3n) is 5.08. The van der Waals surface area contributed by atoms with Gasteiger partial charge in [0.05, 0.1) is 5.92 Å². The first-order valence-corrected chi connectivity index (χ1v) is 9.99. The van der Waals surface area contributed by atoms with E-state index in [1.54, 1.807) is 6.07 Å². The van der Waals surface area contributed by atoms with E-state index in [4.69, 9.17) is 16.3 Å². The van der Waals surface area contributed by atoms with E-state index in [1.165, 1.54) is 6.92 Å². The lowest BCUT2D eigenvalue weighted by atomic mass is 9.97. The highest BCUT2D eigenvalue weighted by Crippen LogP contribution is 2.30. The highest BCUT2D eigenvalue weighted by atomic mass is 35.5. The highest BCUT2D eigenvalue weighted by Gasteiger charge is 2.25. The Morgan fingerprint density at radius 1 is 1.00 bits per heavy atom. The van der Waals surface area contributed by atoms with Crippen LogP contribution >= 0.6 is 11.6 Å². The van der Waals surface area contributed by atoms with Crippen molar-refractivity contribution < 1.29 is 14.3 Å². The quantitative estimate of drug-likeness (QED) is 0.402. The molecule has 0 aliphatic rings. The van der Waals surface area contributed by atoms with Crippen LogP contribution in [0.25, 0.3) is 10.9 Å². The Bertz CT molecular complexity index is 1220. The van der Waals surface area contributed by atoms with E-state index in [0.717, 1.165) is 27.7 Å². The zero-order chi connectivity index (χ0) is 21.3.